The van der Waals surface area contributed by atoms with Crippen LogP contribution in [0, 0.1) is 12.8 Å². The van der Waals surface area contributed by atoms with E-state index in [1.807, 2.05) is 13.8 Å². The fraction of sp³-hybridized carbons (Fsp3) is 0.345. The first-order valence-electron chi connectivity index (χ1n) is 13.2. The molecule has 0 aliphatic carbocycles. The molecule has 0 spiro atoms. The van der Waals surface area contributed by atoms with E-state index in [-0.39, 0.29) is 52.4 Å². The van der Waals surface area contributed by atoms with Crippen LogP contribution in [0.15, 0.2) is 82.6 Å². The summed E-state index contributed by atoms with van der Waals surface area (Å²) >= 11 is 0. The predicted octanol–water partition coefficient (Wildman–Crippen LogP) is 3.34. The number of benzene rings is 3. The standard InChI is InChI=1S/C29H35N3O7S2/c1-20-10-13-24(14-11-20)40(35,36)30-23-12-15-27-26(16-23)29(34)32(22(3)19-33)17-21(2)28(39-27)18-31(4)41(37,38)25-8-6-5-7-9-25/h5-16,21-22,28,30,33H,17-19H2,1-4H3/t21-,22+,28-/m1/s1. The number of aliphatic hydroxyl groups is 1. The second-order valence-corrected chi connectivity index (χ2v) is 14.1. The summed E-state index contributed by atoms with van der Waals surface area (Å²) in [4.78, 5) is 15.4. The highest BCUT2D eigenvalue weighted by Crippen LogP contribution is 2.32. The Bertz CT molecular complexity index is 1600. The zero-order chi connectivity index (χ0) is 29.9. The summed E-state index contributed by atoms with van der Waals surface area (Å²) in [5.74, 6) is -0.562. The lowest BCUT2D eigenvalue weighted by Crippen LogP contribution is -2.50. The Balaban J connectivity index is 1.68. The maximum atomic E-state index is 13.7. The summed E-state index contributed by atoms with van der Waals surface area (Å²) in [5, 5.41) is 9.89. The Labute approximate surface area is 241 Å². The lowest BCUT2D eigenvalue weighted by molar-refractivity contribution is 0.0387. The summed E-state index contributed by atoms with van der Waals surface area (Å²) in [7, 11) is -6.27. The highest BCUT2D eigenvalue weighted by atomic mass is 32.2. The van der Waals surface area contributed by atoms with E-state index in [1.54, 1.807) is 37.3 Å². The molecule has 0 bridgehead atoms. The number of amides is 1. The van der Waals surface area contributed by atoms with Crippen molar-refractivity contribution in [3.63, 3.8) is 0 Å². The molecule has 0 unspecified atom stereocenters. The van der Waals surface area contributed by atoms with Crippen molar-refractivity contribution in [2.75, 3.05) is 31.5 Å². The Morgan fingerprint density at radius 3 is 2.32 bits per heavy atom. The van der Waals surface area contributed by atoms with Gasteiger partial charge in [0.1, 0.15) is 11.9 Å². The number of aliphatic hydroxyl groups excluding tert-OH is 1. The van der Waals surface area contributed by atoms with E-state index in [1.165, 1.54) is 58.7 Å². The van der Waals surface area contributed by atoms with Crippen molar-refractivity contribution in [2.24, 2.45) is 5.92 Å². The molecule has 220 valence electrons. The second-order valence-electron chi connectivity index (χ2n) is 10.4. The smallest absolute Gasteiger partial charge is 0.261 e. The van der Waals surface area contributed by atoms with Crippen LogP contribution < -0.4 is 9.46 Å². The molecule has 0 aromatic heterocycles. The topological polar surface area (TPSA) is 133 Å². The molecule has 1 aliphatic heterocycles. The van der Waals surface area contributed by atoms with Crippen LogP contribution in [-0.2, 0) is 20.0 Å². The van der Waals surface area contributed by atoms with Crippen LogP contribution in [-0.4, -0.2) is 75.9 Å². The second kappa shape index (κ2) is 12.2. The van der Waals surface area contributed by atoms with Gasteiger partial charge in [-0.2, -0.15) is 4.31 Å². The molecule has 12 heteroatoms. The van der Waals surface area contributed by atoms with Gasteiger partial charge in [0.15, 0.2) is 0 Å². The van der Waals surface area contributed by atoms with Gasteiger partial charge in [0.25, 0.3) is 15.9 Å². The third-order valence-corrected chi connectivity index (χ3v) is 10.4. The molecule has 2 N–H and O–H groups in total. The molecule has 4 rings (SSSR count). The Morgan fingerprint density at radius 2 is 1.68 bits per heavy atom. The summed E-state index contributed by atoms with van der Waals surface area (Å²) in [6.07, 6.45) is -0.658. The van der Waals surface area contributed by atoms with E-state index < -0.39 is 38.1 Å². The van der Waals surface area contributed by atoms with Crippen molar-refractivity contribution in [1.29, 1.82) is 0 Å². The maximum Gasteiger partial charge on any atom is 0.261 e. The zero-order valence-corrected chi connectivity index (χ0v) is 25.0. The first-order chi connectivity index (χ1) is 19.3. The minimum atomic E-state index is -3.93. The Morgan fingerprint density at radius 1 is 1.02 bits per heavy atom. The normalized spacial score (nSPS) is 18.7. The molecule has 1 amide bonds. The number of nitrogens with one attached hydrogen (secondary N) is 1. The van der Waals surface area contributed by atoms with Gasteiger partial charge in [0.05, 0.1) is 34.5 Å². The Kier molecular flexibility index (Phi) is 9.07. The van der Waals surface area contributed by atoms with E-state index in [4.69, 9.17) is 4.74 Å². The average molecular weight is 602 g/mol. The van der Waals surface area contributed by atoms with Gasteiger partial charge in [0.2, 0.25) is 10.0 Å². The Hall–Kier alpha value is -3.45. The fourth-order valence-electron chi connectivity index (χ4n) is 4.56. The van der Waals surface area contributed by atoms with Gasteiger partial charge >= 0.3 is 0 Å². The van der Waals surface area contributed by atoms with Crippen LogP contribution in [0.3, 0.4) is 0 Å². The number of carbonyl (C=O) groups is 1. The van der Waals surface area contributed by atoms with Crippen molar-refractivity contribution in [3.05, 3.63) is 83.9 Å². The van der Waals surface area contributed by atoms with E-state index in [0.29, 0.717) is 0 Å². The highest BCUT2D eigenvalue weighted by molar-refractivity contribution is 7.92. The molecule has 0 fully saturated rings. The van der Waals surface area contributed by atoms with Crippen molar-refractivity contribution < 1.29 is 31.5 Å². The number of likely N-dealkylation sites (N-methyl/N-ethyl adjacent to an activating group) is 1. The van der Waals surface area contributed by atoms with Crippen molar-refractivity contribution in [2.45, 2.75) is 42.7 Å². The van der Waals surface area contributed by atoms with Crippen LogP contribution in [0.1, 0.15) is 29.8 Å². The molecule has 1 heterocycles. The number of sulfonamides is 2. The summed E-state index contributed by atoms with van der Waals surface area (Å²) in [6.45, 7) is 5.30. The fourth-order valence-corrected chi connectivity index (χ4v) is 6.81. The lowest BCUT2D eigenvalue weighted by atomic mass is 9.99. The molecule has 41 heavy (non-hydrogen) atoms. The van der Waals surface area contributed by atoms with E-state index >= 15 is 0 Å². The largest absolute Gasteiger partial charge is 0.488 e. The first kappa shape index (κ1) is 30.5. The third kappa shape index (κ3) is 6.72. The number of carbonyl (C=O) groups excluding carboxylic acids is 1. The average Bonchev–Trinajstić information content (AvgIpc) is 2.95. The van der Waals surface area contributed by atoms with E-state index in [0.717, 1.165) is 5.56 Å². The quantitative estimate of drug-likeness (QED) is 0.384. The number of nitrogens with zero attached hydrogens (tertiary/aromatic N) is 2. The van der Waals surface area contributed by atoms with Gasteiger partial charge in [-0.25, -0.2) is 16.8 Å². The van der Waals surface area contributed by atoms with E-state index in [9.17, 15) is 26.7 Å². The molecular weight excluding hydrogens is 566 g/mol. The minimum Gasteiger partial charge on any atom is -0.488 e. The number of hydrogen-bond donors (Lipinski definition) is 2. The molecule has 1 aliphatic rings. The van der Waals surface area contributed by atoms with Crippen molar-refractivity contribution in [1.82, 2.24) is 9.21 Å². The number of anilines is 1. The van der Waals surface area contributed by atoms with Crippen LogP contribution >= 0.6 is 0 Å². The SMILES string of the molecule is Cc1ccc(S(=O)(=O)Nc2ccc3c(c2)C(=O)N([C@@H](C)CO)C[C@@H](C)[C@@H](CN(C)S(=O)(=O)c2ccccc2)O3)cc1. The predicted molar refractivity (Wildman–Crippen MR) is 156 cm³/mol. The first-order valence-corrected chi connectivity index (χ1v) is 16.1. The zero-order valence-electron chi connectivity index (χ0n) is 23.4. The number of hydrogen-bond acceptors (Lipinski definition) is 7. The van der Waals surface area contributed by atoms with Crippen molar-refractivity contribution in [3.8, 4) is 5.75 Å². The molecule has 10 nitrogen and oxygen atoms in total. The monoisotopic (exact) mass is 601 g/mol. The van der Waals surface area contributed by atoms with Crippen LogP contribution in [0.4, 0.5) is 5.69 Å². The number of ether oxygens (including phenoxy) is 1. The van der Waals surface area contributed by atoms with Gasteiger partial charge in [0, 0.05) is 25.2 Å². The molecule has 3 aromatic rings. The summed E-state index contributed by atoms with van der Waals surface area (Å²) in [6, 6.07) is 18.3. The lowest BCUT2D eigenvalue weighted by Gasteiger charge is -2.38. The minimum absolute atomic E-state index is 0.00479. The maximum absolute atomic E-state index is 13.7. The van der Waals surface area contributed by atoms with Crippen molar-refractivity contribution >= 4 is 31.6 Å². The molecule has 3 aromatic carbocycles. The number of aryl methyl sites for hydroxylation is 1. The molecule has 0 saturated carbocycles. The molecule has 3 atom stereocenters. The van der Waals surface area contributed by atoms with Gasteiger partial charge in [-0.3, -0.25) is 9.52 Å². The summed E-state index contributed by atoms with van der Waals surface area (Å²) < 4.78 is 62.4. The number of fused-ring (bicyclic) bond motifs is 1. The summed E-state index contributed by atoms with van der Waals surface area (Å²) in [5.41, 5.74) is 1.17. The van der Waals surface area contributed by atoms with Gasteiger partial charge in [-0.15, -0.1) is 0 Å². The highest BCUT2D eigenvalue weighted by Gasteiger charge is 2.35. The van der Waals surface area contributed by atoms with Gasteiger partial charge in [-0.1, -0.05) is 42.8 Å². The van der Waals surface area contributed by atoms with Crippen LogP contribution in [0.25, 0.3) is 0 Å². The van der Waals surface area contributed by atoms with Gasteiger partial charge < -0.3 is 14.7 Å². The third-order valence-electron chi connectivity index (χ3n) is 7.14. The van der Waals surface area contributed by atoms with Gasteiger partial charge in [-0.05, 0) is 56.3 Å². The number of rotatable bonds is 9. The van der Waals surface area contributed by atoms with Crippen LogP contribution in [0.2, 0.25) is 0 Å². The molecule has 0 saturated heterocycles. The van der Waals surface area contributed by atoms with E-state index in [2.05, 4.69) is 4.72 Å². The molecule has 0 radical (unpaired) electrons. The molecular formula is C29H35N3O7S2. The van der Waals surface area contributed by atoms with Crippen LogP contribution in [0.5, 0.6) is 5.75 Å².